The lowest BCUT2D eigenvalue weighted by Gasteiger charge is -2.10. The summed E-state index contributed by atoms with van der Waals surface area (Å²) in [7, 11) is 0. The molecule has 1 aliphatic rings. The zero-order chi connectivity index (χ0) is 13.9. The molecule has 1 atom stereocenters. The summed E-state index contributed by atoms with van der Waals surface area (Å²) in [4.78, 5) is 4.01. The number of hydrogen-bond donors (Lipinski definition) is 0. The number of thioether (sulfide) groups is 2. The third-order valence-corrected chi connectivity index (χ3v) is 6.57. The Bertz CT molecular complexity index is 689. The fourth-order valence-corrected chi connectivity index (χ4v) is 5.60. The molecule has 100 valence electrons. The molecule has 2 heterocycles. The number of allylic oxidation sites excluding steroid dienone is 1. The van der Waals surface area contributed by atoms with Crippen LogP contribution in [-0.2, 0) is 0 Å². The van der Waals surface area contributed by atoms with Crippen molar-refractivity contribution >= 4 is 45.2 Å². The van der Waals surface area contributed by atoms with E-state index in [1.807, 2.05) is 12.1 Å². The first-order valence-electron chi connectivity index (χ1n) is 5.96. The van der Waals surface area contributed by atoms with Gasteiger partial charge in [0.05, 0.1) is 10.6 Å². The van der Waals surface area contributed by atoms with E-state index in [2.05, 4.69) is 39.1 Å². The lowest BCUT2D eigenvalue weighted by molar-refractivity contribution is 1.10. The van der Waals surface area contributed by atoms with Crippen LogP contribution in [-0.4, -0.2) is 15.3 Å². The van der Waals surface area contributed by atoms with Crippen molar-refractivity contribution in [1.29, 1.82) is 5.26 Å². The average molecular weight is 364 g/mol. The van der Waals surface area contributed by atoms with Crippen molar-refractivity contribution in [3.05, 3.63) is 57.3 Å². The molecule has 1 aromatic heterocycles. The van der Waals surface area contributed by atoms with E-state index >= 15 is 0 Å². The van der Waals surface area contributed by atoms with Gasteiger partial charge < -0.3 is 0 Å². The number of hydrogen-bond acceptors (Lipinski definition) is 4. The largest absolute Gasteiger partial charge is 0.296 e. The van der Waals surface area contributed by atoms with Crippen molar-refractivity contribution in [2.75, 3.05) is 5.75 Å². The lowest BCUT2D eigenvalue weighted by Crippen LogP contribution is -1.93. The highest BCUT2D eigenvalue weighted by atomic mass is 79.9. The topological polar surface area (TPSA) is 41.6 Å². The Kier molecular flexibility index (Phi) is 4.20. The maximum Gasteiger partial charge on any atom is 0.145 e. The molecule has 0 aliphatic carbocycles. The van der Waals surface area contributed by atoms with Gasteiger partial charge in [0.1, 0.15) is 11.8 Å². The van der Waals surface area contributed by atoms with Gasteiger partial charge in [0.15, 0.2) is 0 Å². The predicted octanol–water partition coefficient (Wildman–Crippen LogP) is 4.52. The van der Waals surface area contributed by atoms with Gasteiger partial charge in [-0.25, -0.2) is 4.98 Å². The Morgan fingerprint density at radius 1 is 1.45 bits per heavy atom. The van der Waals surface area contributed by atoms with E-state index in [4.69, 9.17) is 0 Å². The SMILES string of the molecule is N#CC(=C1SCC(c2ccccc2Br)S1)n1ccnc1. The van der Waals surface area contributed by atoms with Crippen molar-refractivity contribution < 1.29 is 0 Å². The first-order valence-corrected chi connectivity index (χ1v) is 8.62. The summed E-state index contributed by atoms with van der Waals surface area (Å²) in [6.45, 7) is 0. The molecule has 0 bridgehead atoms. The number of nitriles is 1. The fourth-order valence-electron chi connectivity index (χ4n) is 1.96. The Labute approximate surface area is 134 Å². The van der Waals surface area contributed by atoms with Crippen LogP contribution in [0.25, 0.3) is 5.70 Å². The standard InChI is InChI=1S/C14H10BrN3S2/c15-11-4-2-1-3-10(11)13-8-19-14(20-13)12(7-16)18-6-5-17-9-18/h1-6,9,13H,8H2. The van der Waals surface area contributed by atoms with Gasteiger partial charge in [-0.05, 0) is 11.6 Å². The van der Waals surface area contributed by atoms with Gasteiger partial charge in [0.25, 0.3) is 0 Å². The molecule has 3 nitrogen and oxygen atoms in total. The number of imidazole rings is 1. The molecular weight excluding hydrogens is 354 g/mol. The van der Waals surface area contributed by atoms with Crippen LogP contribution in [0, 0.1) is 11.3 Å². The second-order valence-corrected chi connectivity index (χ2v) is 7.51. The second kappa shape index (κ2) is 6.08. The Morgan fingerprint density at radius 3 is 3.00 bits per heavy atom. The van der Waals surface area contributed by atoms with E-state index in [0.717, 1.165) is 14.5 Å². The molecule has 1 aromatic carbocycles. The molecule has 0 N–H and O–H groups in total. The number of benzene rings is 1. The summed E-state index contributed by atoms with van der Waals surface area (Å²) in [5.74, 6) is 0.975. The number of aromatic nitrogens is 2. The van der Waals surface area contributed by atoms with Crippen molar-refractivity contribution in [2.45, 2.75) is 5.25 Å². The molecule has 0 radical (unpaired) electrons. The van der Waals surface area contributed by atoms with Crippen LogP contribution in [0.2, 0.25) is 0 Å². The van der Waals surface area contributed by atoms with Gasteiger partial charge in [-0.15, -0.1) is 23.5 Å². The first kappa shape index (κ1) is 13.8. The van der Waals surface area contributed by atoms with Crippen molar-refractivity contribution in [3.8, 4) is 6.07 Å². The lowest BCUT2D eigenvalue weighted by atomic mass is 10.2. The molecule has 3 rings (SSSR count). The van der Waals surface area contributed by atoms with Crippen LogP contribution in [0.5, 0.6) is 0 Å². The van der Waals surface area contributed by atoms with E-state index in [9.17, 15) is 5.26 Å². The summed E-state index contributed by atoms with van der Waals surface area (Å²) in [5.41, 5.74) is 1.94. The van der Waals surface area contributed by atoms with Gasteiger partial charge in [0, 0.05) is 27.9 Å². The summed E-state index contributed by atoms with van der Waals surface area (Å²) < 4.78 is 3.96. The molecule has 6 heteroatoms. The second-order valence-electron chi connectivity index (χ2n) is 4.16. The van der Waals surface area contributed by atoms with Crippen LogP contribution in [0.15, 0.2) is 51.7 Å². The van der Waals surface area contributed by atoms with Crippen molar-refractivity contribution in [2.24, 2.45) is 0 Å². The Balaban J connectivity index is 1.90. The summed E-state index contributed by atoms with van der Waals surface area (Å²) in [5, 5.41) is 9.75. The van der Waals surface area contributed by atoms with Crippen LogP contribution >= 0.6 is 39.5 Å². The summed E-state index contributed by atoms with van der Waals surface area (Å²) in [6, 6.07) is 10.5. The van der Waals surface area contributed by atoms with Crippen LogP contribution in [0.1, 0.15) is 10.8 Å². The third kappa shape index (κ3) is 2.66. The zero-order valence-electron chi connectivity index (χ0n) is 10.4. The molecule has 1 fully saturated rings. The highest BCUT2D eigenvalue weighted by Gasteiger charge is 2.27. The number of nitrogens with zero attached hydrogens (tertiary/aromatic N) is 3. The van der Waals surface area contributed by atoms with Gasteiger partial charge in [-0.1, -0.05) is 34.1 Å². The highest BCUT2D eigenvalue weighted by Crippen LogP contribution is 2.53. The molecule has 0 saturated carbocycles. The van der Waals surface area contributed by atoms with E-state index in [1.165, 1.54) is 5.56 Å². The van der Waals surface area contributed by atoms with E-state index in [-0.39, 0.29) is 0 Å². The third-order valence-electron chi connectivity index (χ3n) is 2.93. The fraction of sp³-hybridized carbons (Fsp3) is 0.143. The van der Waals surface area contributed by atoms with Crippen LogP contribution in [0.3, 0.4) is 0 Å². The van der Waals surface area contributed by atoms with E-state index in [1.54, 1.807) is 46.8 Å². The summed E-state index contributed by atoms with van der Waals surface area (Å²) in [6.07, 6.45) is 5.16. The molecular formula is C14H10BrN3S2. The van der Waals surface area contributed by atoms with Crippen LogP contribution < -0.4 is 0 Å². The van der Waals surface area contributed by atoms with Gasteiger partial charge in [-0.2, -0.15) is 5.26 Å². The minimum Gasteiger partial charge on any atom is -0.296 e. The van der Waals surface area contributed by atoms with Gasteiger partial charge in [-0.3, -0.25) is 4.57 Å². The molecule has 1 saturated heterocycles. The minimum atomic E-state index is 0.373. The molecule has 0 amide bonds. The molecule has 0 spiro atoms. The molecule has 1 aliphatic heterocycles. The smallest absolute Gasteiger partial charge is 0.145 e. The minimum absolute atomic E-state index is 0.373. The molecule has 1 unspecified atom stereocenters. The van der Waals surface area contributed by atoms with Gasteiger partial charge in [0.2, 0.25) is 0 Å². The Morgan fingerprint density at radius 2 is 2.30 bits per heavy atom. The quantitative estimate of drug-likeness (QED) is 0.735. The Hall–Kier alpha value is -1.16. The maximum absolute atomic E-state index is 9.38. The molecule has 20 heavy (non-hydrogen) atoms. The average Bonchev–Trinajstić information content (AvgIpc) is 3.12. The van der Waals surface area contributed by atoms with E-state index < -0.39 is 0 Å². The monoisotopic (exact) mass is 363 g/mol. The normalized spacial score (nSPS) is 20.7. The van der Waals surface area contributed by atoms with Crippen LogP contribution in [0.4, 0.5) is 0 Å². The highest BCUT2D eigenvalue weighted by molar-refractivity contribution is 9.10. The maximum atomic E-state index is 9.38. The number of halogens is 1. The zero-order valence-corrected chi connectivity index (χ0v) is 13.6. The molecule has 2 aromatic rings. The first-order chi connectivity index (χ1) is 9.79. The predicted molar refractivity (Wildman–Crippen MR) is 88.0 cm³/mol. The van der Waals surface area contributed by atoms with E-state index in [0.29, 0.717) is 10.9 Å². The van der Waals surface area contributed by atoms with Crippen molar-refractivity contribution in [1.82, 2.24) is 9.55 Å². The number of rotatable bonds is 2. The van der Waals surface area contributed by atoms with Gasteiger partial charge >= 0.3 is 0 Å². The summed E-state index contributed by atoms with van der Waals surface area (Å²) >= 11 is 7.09. The van der Waals surface area contributed by atoms with Crippen molar-refractivity contribution in [3.63, 3.8) is 0 Å².